The molecule has 148 valence electrons. The van der Waals surface area contributed by atoms with E-state index in [9.17, 15) is 23.1 Å². The van der Waals surface area contributed by atoms with Crippen molar-refractivity contribution in [1.82, 2.24) is 0 Å². The van der Waals surface area contributed by atoms with Crippen LogP contribution in [-0.2, 0) is 10.9 Å². The third kappa shape index (κ3) is 3.76. The molecule has 0 fully saturated rings. The van der Waals surface area contributed by atoms with Gasteiger partial charge in [0.25, 0.3) is 0 Å². The average molecular weight is 399 g/mol. The number of ether oxygens (including phenoxy) is 1. The fourth-order valence-corrected chi connectivity index (χ4v) is 3.60. The van der Waals surface area contributed by atoms with E-state index in [0.717, 1.165) is 34.4 Å². The Hall–Kier alpha value is -3.48. The highest BCUT2D eigenvalue weighted by atomic mass is 19.4. The molecule has 3 aromatic rings. The number of anilines is 1. The van der Waals surface area contributed by atoms with Crippen molar-refractivity contribution in [1.29, 1.82) is 0 Å². The fraction of sp³-hybridized carbons (Fsp3) is 0.136. The smallest absolute Gasteiger partial charge is 0.416 e. The highest BCUT2D eigenvalue weighted by Crippen LogP contribution is 2.44. The van der Waals surface area contributed by atoms with Crippen LogP contribution >= 0.6 is 0 Å². The highest BCUT2D eigenvalue weighted by Gasteiger charge is 2.32. The molecule has 4 rings (SSSR count). The van der Waals surface area contributed by atoms with Gasteiger partial charge in [-0.15, -0.1) is 0 Å². The van der Waals surface area contributed by atoms with E-state index in [1.807, 2.05) is 48.5 Å². The van der Waals surface area contributed by atoms with Gasteiger partial charge in [-0.1, -0.05) is 48.5 Å². The van der Waals surface area contributed by atoms with Gasteiger partial charge in [-0.3, -0.25) is 5.32 Å². The Morgan fingerprint density at radius 3 is 2.14 bits per heavy atom. The standard InChI is InChI=1S/C22H16F3NO3/c23-22(24,25)13-9-14(11-15(27)10-13)26-21(28)29-12-20-18-7-3-1-5-16(18)17-6-2-4-8-19(17)20/h1-11,20,27H,12H2,(H,26,28). The summed E-state index contributed by atoms with van der Waals surface area (Å²) in [5.74, 6) is -0.767. The van der Waals surface area contributed by atoms with Crippen LogP contribution in [0.3, 0.4) is 0 Å². The third-order valence-corrected chi connectivity index (χ3v) is 4.84. The zero-order valence-electron chi connectivity index (χ0n) is 15.0. The molecule has 0 bridgehead atoms. The van der Waals surface area contributed by atoms with Gasteiger partial charge in [0.2, 0.25) is 0 Å². The molecule has 0 spiro atoms. The Morgan fingerprint density at radius 1 is 0.966 bits per heavy atom. The van der Waals surface area contributed by atoms with Crippen LogP contribution in [0.15, 0.2) is 66.7 Å². The minimum atomic E-state index is -4.64. The number of carbonyl (C=O) groups is 1. The van der Waals surface area contributed by atoms with Gasteiger partial charge in [0.1, 0.15) is 12.4 Å². The van der Waals surface area contributed by atoms with Crippen LogP contribution in [0.2, 0.25) is 0 Å². The summed E-state index contributed by atoms with van der Waals surface area (Å²) in [6.45, 7) is 0.0325. The molecule has 7 heteroatoms. The Labute approximate surface area is 164 Å². The molecule has 1 aliphatic rings. The Balaban J connectivity index is 1.49. The van der Waals surface area contributed by atoms with Crippen molar-refractivity contribution in [2.24, 2.45) is 0 Å². The molecule has 0 unspecified atom stereocenters. The number of phenolic OH excluding ortho intramolecular Hbond substituents is 1. The van der Waals surface area contributed by atoms with Crippen LogP contribution in [0.4, 0.5) is 23.7 Å². The largest absolute Gasteiger partial charge is 0.508 e. The van der Waals surface area contributed by atoms with Gasteiger partial charge in [-0.25, -0.2) is 4.79 Å². The maximum atomic E-state index is 12.9. The second-order valence-electron chi connectivity index (χ2n) is 6.72. The van der Waals surface area contributed by atoms with Crippen LogP contribution in [0.25, 0.3) is 11.1 Å². The normalized spacial score (nSPS) is 12.9. The molecule has 4 nitrogen and oxygen atoms in total. The number of fused-ring (bicyclic) bond motifs is 3. The predicted molar refractivity (Wildman–Crippen MR) is 102 cm³/mol. The zero-order chi connectivity index (χ0) is 20.6. The number of hydrogen-bond donors (Lipinski definition) is 2. The average Bonchev–Trinajstić information content (AvgIpc) is 2.99. The molecule has 29 heavy (non-hydrogen) atoms. The summed E-state index contributed by atoms with van der Waals surface area (Å²) in [6, 6.07) is 18.0. The van der Waals surface area contributed by atoms with Gasteiger partial charge in [0, 0.05) is 17.7 Å². The molecule has 1 amide bonds. The van der Waals surface area contributed by atoms with Crippen molar-refractivity contribution >= 4 is 11.8 Å². The van der Waals surface area contributed by atoms with Crippen molar-refractivity contribution in [3.63, 3.8) is 0 Å². The first-order valence-corrected chi connectivity index (χ1v) is 8.86. The van der Waals surface area contributed by atoms with Gasteiger partial charge >= 0.3 is 12.3 Å². The minimum Gasteiger partial charge on any atom is -0.508 e. The molecule has 0 aromatic heterocycles. The van der Waals surface area contributed by atoms with E-state index >= 15 is 0 Å². The maximum Gasteiger partial charge on any atom is 0.416 e. The number of alkyl halides is 3. The first kappa shape index (κ1) is 18.9. The summed E-state index contributed by atoms with van der Waals surface area (Å²) in [4.78, 5) is 12.2. The number of hydrogen-bond acceptors (Lipinski definition) is 3. The van der Waals surface area contributed by atoms with Crippen LogP contribution in [0.5, 0.6) is 5.75 Å². The lowest BCUT2D eigenvalue weighted by atomic mass is 9.98. The number of halogens is 3. The number of aromatic hydroxyl groups is 1. The summed E-state index contributed by atoms with van der Waals surface area (Å²) in [7, 11) is 0. The van der Waals surface area contributed by atoms with Gasteiger partial charge in [0.05, 0.1) is 5.56 Å². The first-order chi connectivity index (χ1) is 13.8. The lowest BCUT2D eigenvalue weighted by molar-refractivity contribution is -0.137. The lowest BCUT2D eigenvalue weighted by Gasteiger charge is -2.15. The molecule has 0 atom stereocenters. The maximum absolute atomic E-state index is 12.9. The summed E-state index contributed by atoms with van der Waals surface area (Å²) >= 11 is 0. The van der Waals surface area contributed by atoms with Crippen LogP contribution in [-0.4, -0.2) is 17.8 Å². The molecule has 0 aliphatic heterocycles. The second kappa shape index (κ2) is 7.16. The molecular formula is C22H16F3NO3. The van der Waals surface area contributed by atoms with Gasteiger partial charge in [-0.2, -0.15) is 13.2 Å². The van der Waals surface area contributed by atoms with Crippen LogP contribution < -0.4 is 5.32 Å². The molecule has 0 saturated heterocycles. The molecule has 3 aromatic carbocycles. The zero-order valence-corrected chi connectivity index (χ0v) is 15.0. The van der Waals surface area contributed by atoms with Crippen molar-refractivity contribution in [2.45, 2.75) is 12.1 Å². The summed E-state index contributed by atoms with van der Waals surface area (Å²) in [5.41, 5.74) is 2.93. The highest BCUT2D eigenvalue weighted by molar-refractivity contribution is 5.85. The first-order valence-electron chi connectivity index (χ1n) is 8.86. The van der Waals surface area contributed by atoms with Crippen molar-refractivity contribution in [2.75, 3.05) is 11.9 Å². The van der Waals surface area contributed by atoms with E-state index in [4.69, 9.17) is 4.74 Å². The Kier molecular flexibility index (Phi) is 4.66. The summed E-state index contributed by atoms with van der Waals surface area (Å²) in [6.07, 6.45) is -5.54. The number of nitrogens with one attached hydrogen (secondary N) is 1. The molecule has 2 N–H and O–H groups in total. The summed E-state index contributed by atoms with van der Waals surface area (Å²) in [5, 5.41) is 11.7. The molecule has 0 saturated carbocycles. The molecule has 0 radical (unpaired) electrons. The predicted octanol–water partition coefficient (Wildman–Crippen LogP) is 5.77. The van der Waals surface area contributed by atoms with E-state index in [-0.39, 0.29) is 18.2 Å². The number of phenols is 1. The Bertz CT molecular complexity index is 1030. The number of rotatable bonds is 3. The monoisotopic (exact) mass is 399 g/mol. The second-order valence-corrected chi connectivity index (χ2v) is 6.72. The molecule has 1 aliphatic carbocycles. The van der Waals surface area contributed by atoms with Crippen LogP contribution in [0, 0.1) is 0 Å². The summed E-state index contributed by atoms with van der Waals surface area (Å²) < 4.78 is 43.9. The van der Waals surface area contributed by atoms with Crippen molar-refractivity contribution in [3.05, 3.63) is 83.4 Å². The topological polar surface area (TPSA) is 58.6 Å². The Morgan fingerprint density at radius 2 is 1.55 bits per heavy atom. The van der Waals surface area contributed by atoms with Crippen molar-refractivity contribution in [3.8, 4) is 16.9 Å². The van der Waals surface area contributed by atoms with E-state index in [2.05, 4.69) is 5.32 Å². The lowest BCUT2D eigenvalue weighted by Crippen LogP contribution is -2.18. The SMILES string of the molecule is O=C(Nc1cc(O)cc(C(F)(F)F)c1)OCC1c2ccccc2-c2ccccc21. The van der Waals surface area contributed by atoms with Gasteiger partial charge in [-0.05, 0) is 34.4 Å². The third-order valence-electron chi connectivity index (χ3n) is 4.84. The molecule has 0 heterocycles. The molecular weight excluding hydrogens is 383 g/mol. The number of benzene rings is 3. The van der Waals surface area contributed by atoms with E-state index in [1.165, 1.54) is 0 Å². The van der Waals surface area contributed by atoms with Gasteiger partial charge in [0.15, 0.2) is 0 Å². The van der Waals surface area contributed by atoms with Crippen molar-refractivity contribution < 1.29 is 27.8 Å². The minimum absolute atomic E-state index is 0.0325. The fourth-order valence-electron chi connectivity index (χ4n) is 3.60. The quantitative estimate of drug-likeness (QED) is 0.588. The van der Waals surface area contributed by atoms with Gasteiger partial charge < -0.3 is 9.84 Å². The number of amides is 1. The van der Waals surface area contributed by atoms with Crippen LogP contribution in [0.1, 0.15) is 22.6 Å². The number of carbonyl (C=O) groups excluding carboxylic acids is 1. The van der Waals surface area contributed by atoms with E-state index in [0.29, 0.717) is 6.07 Å². The van der Waals surface area contributed by atoms with E-state index in [1.54, 1.807) is 0 Å². The van der Waals surface area contributed by atoms with E-state index < -0.39 is 23.6 Å².